The van der Waals surface area contributed by atoms with Gasteiger partial charge in [0.15, 0.2) is 0 Å². The lowest BCUT2D eigenvalue weighted by molar-refractivity contribution is -0.114. The maximum atomic E-state index is 13.5. The van der Waals surface area contributed by atoms with Crippen LogP contribution in [0.1, 0.15) is 33.6 Å². The molecule has 1 aliphatic carbocycles. The number of amides is 1. The Kier molecular flexibility index (Phi) is 4.08. The third kappa shape index (κ3) is 3.46. The predicted molar refractivity (Wildman–Crippen MR) is 75.7 cm³/mol. The summed E-state index contributed by atoms with van der Waals surface area (Å²) >= 11 is 0. The molecule has 0 saturated heterocycles. The second-order valence-electron chi connectivity index (χ2n) is 5.69. The molecule has 4 heteroatoms. The number of nitrogens with one attached hydrogen (secondary N) is 2. The van der Waals surface area contributed by atoms with Gasteiger partial charge in [-0.15, -0.1) is 0 Å². The van der Waals surface area contributed by atoms with Gasteiger partial charge in [0, 0.05) is 18.7 Å². The van der Waals surface area contributed by atoms with Crippen molar-refractivity contribution in [2.75, 3.05) is 10.6 Å². The number of carbonyl (C=O) groups excluding carboxylic acids is 1. The summed E-state index contributed by atoms with van der Waals surface area (Å²) in [5.41, 5.74) is 1.09. The Morgan fingerprint density at radius 3 is 2.63 bits per heavy atom. The minimum absolute atomic E-state index is 0.234. The van der Waals surface area contributed by atoms with Crippen LogP contribution in [0.2, 0.25) is 0 Å². The maximum Gasteiger partial charge on any atom is 0.221 e. The van der Waals surface area contributed by atoms with Gasteiger partial charge >= 0.3 is 0 Å². The lowest BCUT2D eigenvalue weighted by Gasteiger charge is -2.39. The first-order valence-electron chi connectivity index (χ1n) is 6.79. The van der Waals surface area contributed by atoms with E-state index in [1.165, 1.54) is 13.0 Å². The summed E-state index contributed by atoms with van der Waals surface area (Å²) in [5, 5.41) is 5.88. The van der Waals surface area contributed by atoms with Crippen LogP contribution in [0.25, 0.3) is 0 Å². The van der Waals surface area contributed by atoms with Crippen molar-refractivity contribution >= 4 is 17.3 Å². The molecule has 0 atom stereocenters. The number of benzene rings is 1. The Morgan fingerprint density at radius 1 is 1.37 bits per heavy atom. The average Bonchev–Trinajstić information content (AvgIpc) is 2.25. The number of hydrogen-bond donors (Lipinski definition) is 2. The van der Waals surface area contributed by atoms with Gasteiger partial charge in [-0.25, -0.2) is 4.39 Å². The molecule has 0 aromatic heterocycles. The number of hydrogen-bond acceptors (Lipinski definition) is 2. The van der Waals surface area contributed by atoms with E-state index in [1.54, 1.807) is 12.1 Å². The zero-order valence-corrected chi connectivity index (χ0v) is 11.7. The van der Waals surface area contributed by atoms with Crippen LogP contribution in [-0.4, -0.2) is 11.9 Å². The lowest BCUT2D eigenvalue weighted by Crippen LogP contribution is -2.37. The third-order valence-corrected chi connectivity index (χ3v) is 3.77. The van der Waals surface area contributed by atoms with E-state index in [0.717, 1.165) is 30.4 Å². The molecule has 0 unspecified atom stereocenters. The van der Waals surface area contributed by atoms with Crippen LogP contribution in [0.4, 0.5) is 15.8 Å². The molecular formula is C15H21FN2O. The lowest BCUT2D eigenvalue weighted by atomic mass is 9.73. The highest BCUT2D eigenvalue weighted by atomic mass is 19.1. The molecule has 1 aromatic rings. The number of carbonyl (C=O) groups is 1. The fourth-order valence-electron chi connectivity index (χ4n) is 2.46. The molecular weight excluding hydrogens is 243 g/mol. The van der Waals surface area contributed by atoms with Gasteiger partial charge in [-0.3, -0.25) is 4.79 Å². The Hall–Kier alpha value is -1.58. The van der Waals surface area contributed by atoms with Gasteiger partial charge in [0.25, 0.3) is 0 Å². The molecule has 104 valence electrons. The van der Waals surface area contributed by atoms with Gasteiger partial charge in [0.1, 0.15) is 5.82 Å². The van der Waals surface area contributed by atoms with E-state index in [0.29, 0.717) is 6.04 Å². The van der Waals surface area contributed by atoms with Gasteiger partial charge in [-0.2, -0.15) is 0 Å². The minimum Gasteiger partial charge on any atom is -0.382 e. The van der Waals surface area contributed by atoms with Gasteiger partial charge < -0.3 is 10.6 Å². The number of anilines is 2. The Balaban J connectivity index is 1.96. The van der Waals surface area contributed by atoms with Crippen LogP contribution in [0.15, 0.2) is 18.2 Å². The first-order chi connectivity index (χ1) is 8.95. The fraction of sp³-hybridized carbons (Fsp3) is 0.533. The molecule has 0 spiro atoms. The summed E-state index contributed by atoms with van der Waals surface area (Å²) in [6.07, 6.45) is 2.31. The van der Waals surface area contributed by atoms with Crippen LogP contribution in [0, 0.1) is 17.7 Å². The summed E-state index contributed by atoms with van der Waals surface area (Å²) in [6, 6.07) is 5.21. The second-order valence-corrected chi connectivity index (χ2v) is 5.69. The number of rotatable bonds is 4. The molecule has 0 radical (unpaired) electrons. The molecule has 1 aromatic carbocycles. The zero-order chi connectivity index (χ0) is 14.0. The maximum absolute atomic E-state index is 13.5. The standard InChI is InChI=1S/C15H21FN2O/c1-9(2)11-6-13(7-11)18-12-4-5-14(16)15(8-12)17-10(3)19/h4-5,8-9,11,13,18H,6-7H2,1-3H3,(H,17,19). The number of halogens is 1. The van der Waals surface area contributed by atoms with Crippen LogP contribution in [0.3, 0.4) is 0 Å². The molecule has 0 bridgehead atoms. The molecule has 0 aliphatic heterocycles. The van der Waals surface area contributed by atoms with Gasteiger partial charge in [-0.05, 0) is 42.9 Å². The second kappa shape index (κ2) is 5.59. The molecule has 0 heterocycles. The van der Waals surface area contributed by atoms with E-state index in [9.17, 15) is 9.18 Å². The molecule has 2 N–H and O–H groups in total. The summed E-state index contributed by atoms with van der Waals surface area (Å²) in [5.74, 6) is 0.836. The van der Waals surface area contributed by atoms with Crippen molar-refractivity contribution in [2.24, 2.45) is 11.8 Å². The largest absolute Gasteiger partial charge is 0.382 e. The highest BCUT2D eigenvalue weighted by Gasteiger charge is 2.30. The van der Waals surface area contributed by atoms with Crippen molar-refractivity contribution in [1.82, 2.24) is 0 Å². The van der Waals surface area contributed by atoms with E-state index in [-0.39, 0.29) is 11.6 Å². The molecule has 1 saturated carbocycles. The normalized spacial score (nSPS) is 21.9. The molecule has 1 amide bonds. The fourth-order valence-corrected chi connectivity index (χ4v) is 2.46. The van der Waals surface area contributed by atoms with E-state index < -0.39 is 5.82 Å². The van der Waals surface area contributed by atoms with E-state index in [2.05, 4.69) is 24.5 Å². The highest BCUT2D eigenvalue weighted by molar-refractivity contribution is 5.89. The van der Waals surface area contributed by atoms with Crippen LogP contribution in [0.5, 0.6) is 0 Å². The quantitative estimate of drug-likeness (QED) is 0.872. The highest BCUT2D eigenvalue weighted by Crippen LogP contribution is 2.35. The summed E-state index contributed by atoms with van der Waals surface area (Å²) in [6.45, 7) is 5.86. The summed E-state index contributed by atoms with van der Waals surface area (Å²) in [4.78, 5) is 11.0. The first-order valence-corrected chi connectivity index (χ1v) is 6.79. The average molecular weight is 264 g/mol. The Morgan fingerprint density at radius 2 is 2.05 bits per heavy atom. The first kappa shape index (κ1) is 13.8. The SMILES string of the molecule is CC(=O)Nc1cc(NC2CC(C(C)C)C2)ccc1F. The van der Waals surface area contributed by atoms with E-state index in [4.69, 9.17) is 0 Å². The molecule has 1 fully saturated rings. The topological polar surface area (TPSA) is 41.1 Å². The van der Waals surface area contributed by atoms with Crippen molar-refractivity contribution in [3.63, 3.8) is 0 Å². The van der Waals surface area contributed by atoms with Crippen LogP contribution >= 0.6 is 0 Å². The minimum atomic E-state index is -0.408. The summed E-state index contributed by atoms with van der Waals surface area (Å²) in [7, 11) is 0. The van der Waals surface area contributed by atoms with Crippen molar-refractivity contribution in [2.45, 2.75) is 39.7 Å². The Labute approximate surface area is 113 Å². The molecule has 19 heavy (non-hydrogen) atoms. The van der Waals surface area contributed by atoms with Crippen molar-refractivity contribution in [3.05, 3.63) is 24.0 Å². The molecule has 2 rings (SSSR count). The van der Waals surface area contributed by atoms with Gasteiger partial charge in [-0.1, -0.05) is 13.8 Å². The van der Waals surface area contributed by atoms with Crippen molar-refractivity contribution in [3.8, 4) is 0 Å². The third-order valence-electron chi connectivity index (χ3n) is 3.77. The van der Waals surface area contributed by atoms with E-state index >= 15 is 0 Å². The monoisotopic (exact) mass is 264 g/mol. The molecule has 1 aliphatic rings. The summed E-state index contributed by atoms with van der Waals surface area (Å²) < 4.78 is 13.5. The Bertz CT molecular complexity index is 467. The van der Waals surface area contributed by atoms with Crippen LogP contribution in [-0.2, 0) is 4.79 Å². The zero-order valence-electron chi connectivity index (χ0n) is 11.7. The smallest absolute Gasteiger partial charge is 0.221 e. The predicted octanol–water partition coefficient (Wildman–Crippen LogP) is 3.63. The molecule has 3 nitrogen and oxygen atoms in total. The van der Waals surface area contributed by atoms with Gasteiger partial charge in [0.05, 0.1) is 5.69 Å². The van der Waals surface area contributed by atoms with Gasteiger partial charge in [0.2, 0.25) is 5.91 Å². The van der Waals surface area contributed by atoms with Crippen molar-refractivity contribution < 1.29 is 9.18 Å². The van der Waals surface area contributed by atoms with Crippen molar-refractivity contribution in [1.29, 1.82) is 0 Å². The van der Waals surface area contributed by atoms with Crippen LogP contribution < -0.4 is 10.6 Å². The van der Waals surface area contributed by atoms with E-state index in [1.807, 2.05) is 0 Å².